The highest BCUT2D eigenvalue weighted by Crippen LogP contribution is 2.47. The van der Waals surface area contributed by atoms with Crippen molar-refractivity contribution in [1.82, 2.24) is 20.3 Å². The molecule has 1 unspecified atom stereocenters. The van der Waals surface area contributed by atoms with E-state index in [-0.39, 0.29) is 23.7 Å². The van der Waals surface area contributed by atoms with E-state index in [1.807, 2.05) is 10.9 Å². The summed E-state index contributed by atoms with van der Waals surface area (Å²) in [6, 6.07) is 0. The molecule has 1 amide bonds. The molecule has 0 radical (unpaired) electrons. The van der Waals surface area contributed by atoms with Crippen LogP contribution in [0.3, 0.4) is 0 Å². The SMILES string of the molecule is CC(C)P(=O)(O)OCCCCCCNC(=O)CCOCCOCCOCCOCCOCc1cn(C(C)(C)C)nn1. The van der Waals surface area contributed by atoms with Gasteiger partial charge in [-0.1, -0.05) is 31.9 Å². The van der Waals surface area contributed by atoms with Crippen LogP contribution in [0, 0.1) is 0 Å². The van der Waals surface area contributed by atoms with Gasteiger partial charge in [0, 0.05) is 13.0 Å². The molecule has 41 heavy (non-hydrogen) atoms. The smallest absolute Gasteiger partial charge is 0.330 e. The molecule has 13 nitrogen and oxygen atoms in total. The molecule has 1 atom stereocenters. The summed E-state index contributed by atoms with van der Waals surface area (Å²) in [6.07, 6.45) is 5.59. The summed E-state index contributed by atoms with van der Waals surface area (Å²) in [5.74, 6) is -0.0420. The second-order valence-electron chi connectivity index (χ2n) is 10.8. The van der Waals surface area contributed by atoms with Gasteiger partial charge in [0.15, 0.2) is 0 Å². The van der Waals surface area contributed by atoms with Gasteiger partial charge in [0.05, 0.1) is 90.1 Å². The van der Waals surface area contributed by atoms with E-state index in [2.05, 4.69) is 36.4 Å². The predicted molar refractivity (Wildman–Crippen MR) is 155 cm³/mol. The molecular formula is C27H53N4O9P. The van der Waals surface area contributed by atoms with Crippen LogP contribution in [0.25, 0.3) is 0 Å². The van der Waals surface area contributed by atoms with E-state index in [0.29, 0.717) is 79.0 Å². The molecule has 14 heteroatoms. The van der Waals surface area contributed by atoms with Crippen LogP contribution in [0.1, 0.15) is 72.4 Å². The average molecular weight is 609 g/mol. The molecule has 1 heterocycles. The first-order valence-corrected chi connectivity index (χ1v) is 16.2. The van der Waals surface area contributed by atoms with E-state index in [4.69, 9.17) is 28.2 Å². The van der Waals surface area contributed by atoms with Crippen molar-refractivity contribution >= 4 is 13.5 Å². The van der Waals surface area contributed by atoms with Crippen molar-refractivity contribution in [2.24, 2.45) is 0 Å². The molecule has 0 saturated heterocycles. The fourth-order valence-electron chi connectivity index (χ4n) is 3.15. The molecule has 1 aromatic heterocycles. The van der Waals surface area contributed by atoms with Crippen LogP contribution < -0.4 is 5.32 Å². The number of ether oxygens (including phenoxy) is 5. The van der Waals surface area contributed by atoms with Crippen LogP contribution in [-0.2, 0) is 49.7 Å². The van der Waals surface area contributed by atoms with Gasteiger partial charge < -0.3 is 38.4 Å². The largest absolute Gasteiger partial charge is 0.379 e. The molecule has 0 fully saturated rings. The first-order valence-electron chi connectivity index (χ1n) is 14.6. The minimum atomic E-state index is -3.47. The van der Waals surface area contributed by atoms with Gasteiger partial charge >= 0.3 is 7.60 Å². The molecule has 1 aromatic rings. The van der Waals surface area contributed by atoms with Gasteiger partial charge in [-0.3, -0.25) is 9.36 Å². The standard InChI is InChI=1S/C27H53N4O9P/c1-24(2)41(33,34)40-12-9-7-6-8-11-28-26(32)10-13-35-14-15-36-16-17-37-18-19-38-20-21-39-23-25-22-31(30-29-25)27(3,4)5/h22,24H,6-21,23H2,1-5H3,(H,28,32)(H,33,34). The number of rotatable bonds is 26. The number of carbonyl (C=O) groups is 1. The number of amides is 1. The minimum absolute atomic E-state index is 0.0420. The van der Waals surface area contributed by atoms with Crippen LogP contribution in [0.4, 0.5) is 0 Å². The second kappa shape index (κ2) is 22.1. The minimum Gasteiger partial charge on any atom is -0.379 e. The van der Waals surface area contributed by atoms with Crippen molar-refractivity contribution in [2.75, 3.05) is 72.6 Å². The van der Waals surface area contributed by atoms with Crippen molar-refractivity contribution < 1.29 is 42.5 Å². The Labute approximate surface area is 245 Å². The highest BCUT2D eigenvalue weighted by Gasteiger charge is 2.23. The Morgan fingerprint density at radius 3 is 1.95 bits per heavy atom. The monoisotopic (exact) mass is 608 g/mol. The molecule has 2 N–H and O–H groups in total. The van der Waals surface area contributed by atoms with Crippen LogP contribution in [0.15, 0.2) is 6.20 Å². The van der Waals surface area contributed by atoms with Gasteiger partial charge in [-0.2, -0.15) is 0 Å². The van der Waals surface area contributed by atoms with Crippen molar-refractivity contribution in [3.63, 3.8) is 0 Å². The summed E-state index contributed by atoms with van der Waals surface area (Å²) in [5.41, 5.74) is 0.311. The summed E-state index contributed by atoms with van der Waals surface area (Å²) >= 11 is 0. The molecular weight excluding hydrogens is 555 g/mol. The molecule has 0 spiro atoms. The van der Waals surface area contributed by atoms with Gasteiger partial charge in [-0.15, -0.1) is 5.10 Å². The Kier molecular flexibility index (Phi) is 20.3. The first-order chi connectivity index (χ1) is 19.5. The molecule has 0 aliphatic carbocycles. The lowest BCUT2D eigenvalue weighted by atomic mass is 10.1. The maximum absolute atomic E-state index is 11.8. The van der Waals surface area contributed by atoms with Crippen LogP contribution in [-0.4, -0.2) is 104 Å². The Morgan fingerprint density at radius 1 is 0.878 bits per heavy atom. The van der Waals surface area contributed by atoms with E-state index in [1.165, 1.54) is 0 Å². The zero-order chi connectivity index (χ0) is 30.4. The zero-order valence-electron chi connectivity index (χ0n) is 25.7. The average Bonchev–Trinajstić information content (AvgIpc) is 3.39. The van der Waals surface area contributed by atoms with Crippen LogP contribution >= 0.6 is 7.60 Å². The molecule has 240 valence electrons. The third-order valence-corrected chi connectivity index (χ3v) is 7.62. The fourth-order valence-corrected chi connectivity index (χ4v) is 3.84. The first kappa shape index (κ1) is 37.6. The lowest BCUT2D eigenvalue weighted by Crippen LogP contribution is -2.25. The van der Waals surface area contributed by atoms with Gasteiger partial charge in [0.25, 0.3) is 0 Å². The molecule has 0 aliphatic heterocycles. The summed E-state index contributed by atoms with van der Waals surface area (Å²) in [4.78, 5) is 21.4. The van der Waals surface area contributed by atoms with Crippen molar-refractivity contribution in [2.45, 2.75) is 84.5 Å². The topological polar surface area (TPSA) is 152 Å². The van der Waals surface area contributed by atoms with Crippen molar-refractivity contribution in [3.8, 4) is 0 Å². The van der Waals surface area contributed by atoms with Gasteiger partial charge in [0.2, 0.25) is 5.91 Å². The maximum atomic E-state index is 11.8. The number of nitrogens with zero attached hydrogens (tertiary/aromatic N) is 3. The van der Waals surface area contributed by atoms with E-state index in [1.54, 1.807) is 13.8 Å². The quantitative estimate of drug-likeness (QED) is 0.118. The summed E-state index contributed by atoms with van der Waals surface area (Å²) in [7, 11) is -3.47. The highest BCUT2D eigenvalue weighted by atomic mass is 31.2. The lowest BCUT2D eigenvalue weighted by Gasteiger charge is -2.17. The normalized spacial score (nSPS) is 13.5. The van der Waals surface area contributed by atoms with E-state index in [0.717, 1.165) is 31.4 Å². The maximum Gasteiger partial charge on any atom is 0.330 e. The number of nitrogens with one attached hydrogen (secondary N) is 1. The van der Waals surface area contributed by atoms with Gasteiger partial charge in [-0.25, -0.2) is 4.68 Å². The Morgan fingerprint density at radius 2 is 1.41 bits per heavy atom. The fraction of sp³-hybridized carbons (Fsp3) is 0.889. The second-order valence-corrected chi connectivity index (χ2v) is 13.3. The van der Waals surface area contributed by atoms with E-state index >= 15 is 0 Å². The third-order valence-electron chi connectivity index (χ3n) is 5.76. The van der Waals surface area contributed by atoms with Crippen LogP contribution in [0.2, 0.25) is 0 Å². The summed E-state index contributed by atoms with van der Waals surface area (Å²) in [5, 5.41) is 11.1. The summed E-state index contributed by atoms with van der Waals surface area (Å²) < 4.78 is 46.0. The number of unbranched alkanes of at least 4 members (excludes halogenated alkanes) is 3. The van der Waals surface area contributed by atoms with Crippen molar-refractivity contribution in [1.29, 1.82) is 0 Å². The highest BCUT2D eigenvalue weighted by molar-refractivity contribution is 7.53. The number of hydrogen-bond acceptors (Lipinski definition) is 10. The Bertz CT molecular complexity index is 849. The molecule has 1 rings (SSSR count). The Balaban J connectivity index is 1.78. The Hall–Kier alpha value is -1.44. The molecule has 0 aliphatic rings. The molecule has 0 aromatic carbocycles. The predicted octanol–water partition coefficient (Wildman–Crippen LogP) is 3.29. The van der Waals surface area contributed by atoms with Crippen molar-refractivity contribution in [3.05, 3.63) is 11.9 Å². The van der Waals surface area contributed by atoms with Gasteiger partial charge in [-0.05, 0) is 33.6 Å². The number of carbonyl (C=O) groups excluding carboxylic acids is 1. The third kappa shape index (κ3) is 20.2. The van der Waals surface area contributed by atoms with Gasteiger partial charge in [0.1, 0.15) is 5.69 Å². The number of aromatic nitrogens is 3. The lowest BCUT2D eigenvalue weighted by molar-refractivity contribution is -0.122. The zero-order valence-corrected chi connectivity index (χ0v) is 26.6. The number of hydrogen-bond donors (Lipinski definition) is 2. The summed E-state index contributed by atoms with van der Waals surface area (Å²) in [6.45, 7) is 14.9. The van der Waals surface area contributed by atoms with E-state index < -0.39 is 7.60 Å². The van der Waals surface area contributed by atoms with Crippen LogP contribution in [0.5, 0.6) is 0 Å². The molecule has 0 saturated carbocycles. The molecule has 0 bridgehead atoms. The van der Waals surface area contributed by atoms with E-state index in [9.17, 15) is 14.3 Å².